The molecule has 5 fully saturated rings. The van der Waals surface area contributed by atoms with Gasteiger partial charge in [0.1, 0.15) is 0 Å². The summed E-state index contributed by atoms with van der Waals surface area (Å²) in [7, 11) is 0. The third-order valence-corrected chi connectivity index (χ3v) is 8.00. The molecule has 0 radical (unpaired) electrons. The van der Waals surface area contributed by atoms with Crippen LogP contribution in [0.5, 0.6) is 0 Å². The van der Waals surface area contributed by atoms with Crippen molar-refractivity contribution in [2.24, 2.45) is 35.5 Å². The fourth-order valence-corrected chi connectivity index (χ4v) is 4.95. The Morgan fingerprint density at radius 1 is 0.267 bits per heavy atom. The highest BCUT2D eigenvalue weighted by Crippen LogP contribution is 2.28. The van der Waals surface area contributed by atoms with Crippen molar-refractivity contribution in [3.8, 4) is 0 Å². The molecule has 0 aromatic carbocycles. The Labute approximate surface area is 192 Å². The molecule has 0 heteroatoms. The minimum absolute atomic E-state index is 1.01. The fraction of sp³-hybridized carbons (Fsp3) is 1.00. The summed E-state index contributed by atoms with van der Waals surface area (Å²) in [5.41, 5.74) is 0. The molecule has 30 heavy (non-hydrogen) atoms. The van der Waals surface area contributed by atoms with Gasteiger partial charge in [-0.3, -0.25) is 0 Å². The maximum Gasteiger partial charge on any atom is -0.0440 e. The van der Waals surface area contributed by atoms with Crippen LogP contribution in [0.1, 0.15) is 157 Å². The van der Waals surface area contributed by atoms with Gasteiger partial charge in [-0.2, -0.15) is 0 Å². The third kappa shape index (κ3) is 17.7. The van der Waals surface area contributed by atoms with Gasteiger partial charge in [0, 0.05) is 0 Å². The van der Waals surface area contributed by atoms with Crippen molar-refractivity contribution in [2.45, 2.75) is 157 Å². The molecule has 5 aliphatic carbocycles. The molecule has 0 aromatic rings. The lowest BCUT2D eigenvalue weighted by Crippen LogP contribution is -2.09. The standard InChI is InChI=1S/C8H16.C7H14.C6H12.C5H10.C4H8/c1-7-4-3-5-8(2)6-7;1-7-5-3-2-4-6-7;1-6-4-2-3-5-6;1-5-3-2-4-5;1-4-2-3-4/h7-8H,3-6H2,1-2H3;7H,2-6H2,1H3;6H,2-5H2,1H3;5H,2-4H2,1H3;4H,2-3H2,1H3. The smallest absolute Gasteiger partial charge is 0.0440 e. The van der Waals surface area contributed by atoms with Crippen LogP contribution in [0.2, 0.25) is 0 Å². The van der Waals surface area contributed by atoms with Crippen LogP contribution in [-0.2, 0) is 0 Å². The van der Waals surface area contributed by atoms with Crippen molar-refractivity contribution >= 4 is 0 Å². The van der Waals surface area contributed by atoms with E-state index in [4.69, 9.17) is 0 Å². The molecule has 5 rings (SSSR count). The van der Waals surface area contributed by atoms with Gasteiger partial charge in [-0.05, 0) is 41.9 Å². The second kappa shape index (κ2) is 17.5. The predicted molar refractivity (Wildman–Crippen MR) is 138 cm³/mol. The van der Waals surface area contributed by atoms with Gasteiger partial charge >= 0.3 is 0 Å². The highest BCUT2D eigenvalue weighted by Gasteiger charge is 2.14. The Hall–Kier alpha value is 0. The maximum atomic E-state index is 2.37. The Kier molecular flexibility index (Phi) is 16.4. The highest BCUT2D eigenvalue weighted by atomic mass is 14.2. The van der Waals surface area contributed by atoms with Crippen LogP contribution in [0.3, 0.4) is 0 Å². The van der Waals surface area contributed by atoms with Crippen molar-refractivity contribution in [3.05, 3.63) is 0 Å². The van der Waals surface area contributed by atoms with E-state index in [1.165, 1.54) is 116 Å². The summed E-state index contributed by atoms with van der Waals surface area (Å²) in [5, 5.41) is 0. The van der Waals surface area contributed by atoms with Gasteiger partial charge in [0.2, 0.25) is 0 Å². The van der Waals surface area contributed by atoms with Crippen LogP contribution < -0.4 is 0 Å². The van der Waals surface area contributed by atoms with Gasteiger partial charge in [-0.1, -0.05) is 151 Å². The predicted octanol–water partition coefficient (Wildman–Crippen LogP) is 10.8. The van der Waals surface area contributed by atoms with Crippen molar-refractivity contribution in [1.82, 2.24) is 0 Å². The van der Waals surface area contributed by atoms with Crippen molar-refractivity contribution < 1.29 is 0 Å². The molecule has 0 bridgehead atoms. The van der Waals surface area contributed by atoms with Crippen LogP contribution in [0.4, 0.5) is 0 Å². The number of rotatable bonds is 0. The molecule has 0 aromatic heterocycles. The van der Waals surface area contributed by atoms with E-state index in [1.807, 2.05) is 0 Å². The maximum absolute atomic E-state index is 2.37. The quantitative estimate of drug-likeness (QED) is 0.365. The minimum atomic E-state index is 1.01. The first kappa shape index (κ1) is 28.0. The molecule has 0 N–H and O–H groups in total. The second-order valence-corrected chi connectivity index (χ2v) is 12.2. The van der Waals surface area contributed by atoms with Gasteiger partial charge in [-0.25, -0.2) is 0 Å². The molecule has 180 valence electrons. The van der Waals surface area contributed by atoms with Crippen molar-refractivity contribution in [2.75, 3.05) is 0 Å². The summed E-state index contributed by atoms with van der Waals surface area (Å²) in [6.45, 7) is 14.0. The average molecular weight is 421 g/mol. The average Bonchev–Trinajstić information content (AvgIpc) is 3.33. The lowest BCUT2D eigenvalue weighted by Gasteiger charge is -2.22. The molecule has 0 spiro atoms. The van der Waals surface area contributed by atoms with Crippen LogP contribution >= 0.6 is 0 Å². The molecule has 0 heterocycles. The first-order valence-electron chi connectivity index (χ1n) is 14.4. The zero-order valence-corrected chi connectivity index (χ0v) is 22.2. The Balaban J connectivity index is 0.000000191. The molecular weight excluding hydrogens is 360 g/mol. The number of hydrogen-bond acceptors (Lipinski definition) is 0. The van der Waals surface area contributed by atoms with E-state index >= 15 is 0 Å². The first-order valence-corrected chi connectivity index (χ1v) is 14.4. The molecule has 2 atom stereocenters. The second-order valence-electron chi connectivity index (χ2n) is 12.2. The van der Waals surface area contributed by atoms with E-state index in [0.29, 0.717) is 0 Å². The van der Waals surface area contributed by atoms with Gasteiger partial charge < -0.3 is 0 Å². The highest BCUT2D eigenvalue weighted by molar-refractivity contribution is 4.66. The largest absolute Gasteiger partial charge is 0.0625 e. The van der Waals surface area contributed by atoms with E-state index in [-0.39, 0.29) is 0 Å². The van der Waals surface area contributed by atoms with Crippen LogP contribution in [0.15, 0.2) is 0 Å². The van der Waals surface area contributed by atoms with E-state index in [0.717, 1.165) is 35.5 Å². The lowest BCUT2D eigenvalue weighted by atomic mass is 9.84. The van der Waals surface area contributed by atoms with E-state index < -0.39 is 0 Å². The van der Waals surface area contributed by atoms with Gasteiger partial charge in [0.25, 0.3) is 0 Å². The van der Waals surface area contributed by atoms with E-state index in [2.05, 4.69) is 41.5 Å². The molecule has 0 aliphatic heterocycles. The van der Waals surface area contributed by atoms with Crippen LogP contribution in [-0.4, -0.2) is 0 Å². The lowest BCUT2D eigenvalue weighted by molar-refractivity contribution is 0.301. The van der Waals surface area contributed by atoms with Gasteiger partial charge in [0.15, 0.2) is 0 Å². The topological polar surface area (TPSA) is 0 Å². The summed E-state index contributed by atoms with van der Waals surface area (Å²) < 4.78 is 0. The van der Waals surface area contributed by atoms with E-state index in [1.54, 1.807) is 0 Å². The van der Waals surface area contributed by atoms with Crippen molar-refractivity contribution in [3.63, 3.8) is 0 Å². The van der Waals surface area contributed by atoms with Crippen LogP contribution in [0, 0.1) is 35.5 Å². The zero-order chi connectivity index (χ0) is 22.2. The molecule has 0 saturated heterocycles. The molecule has 0 amide bonds. The molecule has 0 nitrogen and oxygen atoms in total. The summed E-state index contributed by atoms with van der Waals surface area (Å²) in [5.74, 6) is 6.26. The van der Waals surface area contributed by atoms with Gasteiger partial charge in [-0.15, -0.1) is 0 Å². The minimum Gasteiger partial charge on any atom is -0.0625 e. The summed E-state index contributed by atoms with van der Waals surface area (Å²) in [6.07, 6.45) is 26.7. The Morgan fingerprint density at radius 3 is 0.667 bits per heavy atom. The van der Waals surface area contributed by atoms with Crippen molar-refractivity contribution in [1.29, 1.82) is 0 Å². The Morgan fingerprint density at radius 2 is 0.533 bits per heavy atom. The normalized spacial score (nSPS) is 29.4. The summed E-state index contributed by atoms with van der Waals surface area (Å²) >= 11 is 0. The summed E-state index contributed by atoms with van der Waals surface area (Å²) in [6, 6.07) is 0. The van der Waals surface area contributed by atoms with Crippen LogP contribution in [0.25, 0.3) is 0 Å². The molecule has 5 saturated carbocycles. The first-order chi connectivity index (χ1) is 14.4. The monoisotopic (exact) mass is 420 g/mol. The zero-order valence-electron chi connectivity index (χ0n) is 22.2. The Bertz CT molecular complexity index is 344. The fourth-order valence-electron chi connectivity index (χ4n) is 4.95. The number of hydrogen-bond donors (Lipinski definition) is 0. The van der Waals surface area contributed by atoms with E-state index in [9.17, 15) is 0 Å². The van der Waals surface area contributed by atoms with Gasteiger partial charge in [0.05, 0.1) is 0 Å². The molecule has 2 unspecified atom stereocenters. The summed E-state index contributed by atoms with van der Waals surface area (Å²) in [4.78, 5) is 0. The molecular formula is C30H60. The molecule has 5 aliphatic rings. The third-order valence-electron chi connectivity index (χ3n) is 8.00. The SMILES string of the molecule is CC1CC1.CC1CCC1.CC1CCCC(C)C1.CC1CCCC1.CC1CCCCC1.